The Labute approximate surface area is 694 Å². The molecular weight excluding hydrogens is 1750 g/mol. The molecule has 0 aromatic carbocycles. The highest BCUT2D eigenvalue weighted by molar-refractivity contribution is 7.50. The van der Waals surface area contributed by atoms with Gasteiger partial charge in [0.15, 0.2) is 0 Å². The van der Waals surface area contributed by atoms with Crippen molar-refractivity contribution < 1.29 is 223 Å². The van der Waals surface area contributed by atoms with Crippen molar-refractivity contribution in [3.63, 3.8) is 0 Å². The first-order chi connectivity index (χ1) is 57.0. The van der Waals surface area contributed by atoms with Crippen molar-refractivity contribution in [1.29, 1.82) is 0 Å². The van der Waals surface area contributed by atoms with Crippen molar-refractivity contribution in [2.24, 2.45) is 0 Å². The lowest BCUT2D eigenvalue weighted by atomic mass is 9.85. The molecule has 0 unspecified atom stereocenters. The molecule has 0 saturated heterocycles. The van der Waals surface area contributed by atoms with Crippen LogP contribution in [0.1, 0.15) is 237 Å². The van der Waals surface area contributed by atoms with Crippen LogP contribution in [0.5, 0.6) is 0 Å². The van der Waals surface area contributed by atoms with Gasteiger partial charge in [-0.05, 0) is 77.0 Å². The topological polar surface area (TPSA) is 584 Å². The molecule has 0 heterocycles. The van der Waals surface area contributed by atoms with E-state index in [-0.39, 0.29) is 77.0 Å². The highest BCUT2D eigenvalue weighted by Crippen LogP contribution is 2.66. The first kappa shape index (κ1) is 112. The summed E-state index contributed by atoms with van der Waals surface area (Å²) in [6, 6.07) is 0. The minimum atomic E-state index is -6.41. The van der Waals surface area contributed by atoms with E-state index < -0.39 is 314 Å². The third-order valence-electron chi connectivity index (χ3n) is 14.1. The highest BCUT2D eigenvalue weighted by Gasteiger charge is 2.65. The number of ether oxygens (including phenoxy) is 12. The number of rotatable bonds is 72. The van der Waals surface area contributed by atoms with Gasteiger partial charge in [-0.25, -0.2) is 81.7 Å². The lowest BCUT2D eigenvalue weighted by molar-refractivity contribution is -0.218. The molecule has 0 atom stereocenters. The fraction of sp³-hybridized carbons (Fsp3) is 0.818. The lowest BCUT2D eigenvalue weighted by Crippen LogP contribution is -2.66. The minimum absolute atomic E-state index is 0.0683. The molecule has 1 aliphatic rings. The van der Waals surface area contributed by atoms with Crippen LogP contribution in [0.15, 0.2) is 0 Å². The molecule has 1 fully saturated rings. The average molecular weight is 1860 g/mol. The molecule has 0 amide bonds. The van der Waals surface area contributed by atoms with E-state index >= 15 is 27.4 Å². The SMILES string of the molecule is CCCC(=O)OCOP(=O)(OCOC(=O)CCC)OC1C(OP(=O)(OCOC(=O)CCC)OCOC(=O)CCC)C(OP(=O)(OCOC(=O)CCC)OCOC(=O)CCC)C(OP(=O)(OCOC(=O)CCC)OCOC(=O)CCC)C(OP(=O)(OCOC(=O)CCC)OCOC(=O)CCC)C1OP(=O)(OCOC(=O)CCC)OCOC(=O)CCC. The van der Waals surface area contributed by atoms with Crippen LogP contribution in [0.2, 0.25) is 0 Å². The summed E-state index contributed by atoms with van der Waals surface area (Å²) in [4.78, 5) is 158. The largest absolute Gasteiger partial charge is 0.481 e. The first-order valence-corrected chi connectivity index (χ1v) is 47.1. The Bertz CT molecular complexity index is 2670. The molecule has 0 spiro atoms. The molecule has 0 N–H and O–H groups in total. The molecule has 1 rings (SSSR count). The monoisotopic (exact) mass is 1860 g/mol. The number of hydrogen-bond acceptors (Lipinski definition) is 48. The van der Waals surface area contributed by atoms with Gasteiger partial charge in [0.05, 0.1) is 0 Å². The first-order valence-electron chi connectivity index (χ1n) is 38.4. The third-order valence-corrected chi connectivity index (χ3v) is 22.1. The molecular formula is C66H114O48P6. The van der Waals surface area contributed by atoms with Crippen LogP contribution in [0, 0.1) is 0 Å². The van der Waals surface area contributed by atoms with Gasteiger partial charge in [-0.15, -0.1) is 0 Å². The summed E-state index contributed by atoms with van der Waals surface area (Å²) >= 11 is 0. The molecule has 0 bridgehead atoms. The van der Waals surface area contributed by atoms with Crippen molar-refractivity contribution in [2.75, 3.05) is 81.5 Å². The maximum atomic E-state index is 16.2. The molecule has 1 aliphatic carbocycles. The summed E-state index contributed by atoms with van der Waals surface area (Å²) in [6.45, 7) is -1.21. The van der Waals surface area contributed by atoms with Crippen LogP contribution in [0.3, 0.4) is 0 Å². The van der Waals surface area contributed by atoms with E-state index in [1.807, 2.05) is 0 Å². The fourth-order valence-corrected chi connectivity index (χ4v) is 15.1. The molecule has 1 saturated carbocycles. The Morgan fingerprint density at radius 2 is 0.233 bits per heavy atom. The van der Waals surface area contributed by atoms with Crippen LogP contribution >= 0.6 is 46.9 Å². The quantitative estimate of drug-likeness (QED) is 0.0236. The van der Waals surface area contributed by atoms with Gasteiger partial charge in [0.1, 0.15) is 36.6 Å². The number of phosphoric acid groups is 6. The summed E-state index contributed by atoms with van der Waals surface area (Å²) in [6.07, 6.45) is -25.3. The minimum Gasteiger partial charge on any atom is -0.438 e. The van der Waals surface area contributed by atoms with E-state index in [9.17, 15) is 57.5 Å². The summed E-state index contributed by atoms with van der Waals surface area (Å²) in [5.41, 5.74) is 0. The molecule has 0 aromatic heterocycles. The maximum absolute atomic E-state index is 16.2. The van der Waals surface area contributed by atoms with E-state index in [0.29, 0.717) is 0 Å². The van der Waals surface area contributed by atoms with Crippen molar-refractivity contribution in [1.82, 2.24) is 0 Å². The molecule has 48 nitrogen and oxygen atoms in total. The van der Waals surface area contributed by atoms with Gasteiger partial charge in [0.25, 0.3) is 0 Å². The zero-order valence-corrected chi connectivity index (χ0v) is 74.6. The van der Waals surface area contributed by atoms with Gasteiger partial charge in [-0.1, -0.05) is 83.1 Å². The zero-order chi connectivity index (χ0) is 90.1. The Hall–Kier alpha value is -5.70. The van der Waals surface area contributed by atoms with E-state index in [1.54, 1.807) is 0 Å². The number of carbonyl (C=O) groups is 12. The Morgan fingerprint density at radius 3 is 0.300 bits per heavy atom. The number of carbonyl (C=O) groups excluding carboxylic acids is 12. The predicted octanol–water partition coefficient (Wildman–Crippen LogP) is 12.8. The highest BCUT2D eigenvalue weighted by atomic mass is 31.2. The van der Waals surface area contributed by atoms with Crippen LogP contribution in [-0.2, 0) is 223 Å². The normalized spacial score (nSPS) is 16.4. The second-order valence-electron chi connectivity index (χ2n) is 24.3. The molecule has 696 valence electrons. The fourth-order valence-electron chi connectivity index (χ4n) is 8.52. The van der Waals surface area contributed by atoms with Gasteiger partial charge in [0, 0.05) is 77.0 Å². The van der Waals surface area contributed by atoms with E-state index in [4.69, 9.17) is 138 Å². The standard InChI is InChI=1S/C66H114O48P6/c1-13-25-49(67)85-37-97-115(79,98-38-86-50(68)26-14-2)109-61-62(110-116(80,99-39-87-51(69)27-15-3)100-40-88-52(70)28-16-4)64(112-118(82,103-43-91-55(73)31-19-7)104-44-92-56(74)32-20-8)66(114-120(84,107-47-95-59(77)35-23-11)108-48-96-60(78)36-24-12)65(113-119(83,105-45-93-57(75)33-21-9)106-46-94-58(76)34-22-10)63(61)111-117(81,101-41-89-53(71)29-17-5)102-42-90-54(72)30-18-6/h61-66H,13-48H2,1-12H3. The second kappa shape index (κ2) is 63.3. The summed E-state index contributed by atoms with van der Waals surface area (Å²) in [7, 11) is -38.5. The van der Waals surface area contributed by atoms with Crippen molar-refractivity contribution in [3.05, 3.63) is 0 Å². The van der Waals surface area contributed by atoms with Gasteiger partial charge in [-0.3, -0.25) is 84.7 Å². The Balaban J connectivity index is 6.02. The molecule has 54 heteroatoms. The van der Waals surface area contributed by atoms with Gasteiger partial charge in [-0.2, -0.15) is 0 Å². The molecule has 120 heavy (non-hydrogen) atoms. The molecule has 0 aromatic rings. The van der Waals surface area contributed by atoms with Gasteiger partial charge >= 0.3 is 119 Å². The second-order valence-corrected chi connectivity index (χ2v) is 34.0. The van der Waals surface area contributed by atoms with E-state index in [2.05, 4.69) is 0 Å². The molecule has 0 radical (unpaired) electrons. The zero-order valence-electron chi connectivity index (χ0n) is 69.2. The smallest absolute Gasteiger partial charge is 0.438 e. The summed E-state index contributed by atoms with van der Waals surface area (Å²) < 4.78 is 263. The Morgan fingerprint density at radius 1 is 0.158 bits per heavy atom. The molecule has 0 aliphatic heterocycles. The van der Waals surface area contributed by atoms with Crippen LogP contribution in [0.4, 0.5) is 0 Å². The van der Waals surface area contributed by atoms with Crippen LogP contribution in [-0.4, -0.2) is 190 Å². The number of phosphoric ester groups is 6. The third kappa shape index (κ3) is 49.1. The maximum Gasteiger partial charge on any atom is 0.481 e. The van der Waals surface area contributed by atoms with Crippen LogP contribution in [0.25, 0.3) is 0 Å². The Kier molecular flexibility index (Phi) is 59.2. The van der Waals surface area contributed by atoms with Crippen molar-refractivity contribution in [2.45, 2.75) is 274 Å². The average Bonchev–Trinajstić information content (AvgIpc) is 0.733. The van der Waals surface area contributed by atoms with Gasteiger partial charge in [0.2, 0.25) is 81.5 Å². The summed E-state index contributed by atoms with van der Waals surface area (Å²) in [5.74, 6) is -13.6. The van der Waals surface area contributed by atoms with Crippen LogP contribution < -0.4 is 0 Å². The van der Waals surface area contributed by atoms with E-state index in [1.165, 1.54) is 83.1 Å². The van der Waals surface area contributed by atoms with Crippen molar-refractivity contribution >= 4 is 119 Å². The van der Waals surface area contributed by atoms with E-state index in [0.717, 1.165) is 0 Å². The predicted molar refractivity (Wildman–Crippen MR) is 398 cm³/mol. The number of hydrogen-bond donors (Lipinski definition) is 0. The van der Waals surface area contributed by atoms with Crippen molar-refractivity contribution in [3.8, 4) is 0 Å². The lowest BCUT2D eigenvalue weighted by Gasteiger charge is -2.49. The van der Waals surface area contributed by atoms with Gasteiger partial charge < -0.3 is 56.8 Å². The number of esters is 12. The summed E-state index contributed by atoms with van der Waals surface area (Å²) in [5, 5.41) is 0.